The summed E-state index contributed by atoms with van der Waals surface area (Å²) >= 11 is 1.63. The van der Waals surface area contributed by atoms with Gasteiger partial charge in [0, 0.05) is 23.0 Å². The van der Waals surface area contributed by atoms with Crippen LogP contribution in [0.2, 0.25) is 13.1 Å². The lowest BCUT2D eigenvalue weighted by atomic mass is 9.83. The maximum absolute atomic E-state index is 15.8. The molecule has 0 saturated carbocycles. The van der Waals surface area contributed by atoms with Crippen LogP contribution in [0.15, 0.2) is 48.0 Å². The molecule has 0 spiro atoms. The van der Waals surface area contributed by atoms with Crippen LogP contribution in [0, 0.1) is 24.0 Å². The molecule has 0 amide bonds. The van der Waals surface area contributed by atoms with Crippen molar-refractivity contribution in [2.45, 2.75) is 46.9 Å². The number of aryl methyl sites for hydroxylation is 1. The number of aromatic nitrogens is 2. The average molecular weight is 470 g/mol. The van der Waals surface area contributed by atoms with Gasteiger partial charge in [-0.2, -0.15) is 0 Å². The number of hydrogen-bond acceptors (Lipinski definition) is 3. The molecule has 3 nitrogen and oxygen atoms in total. The van der Waals surface area contributed by atoms with E-state index in [1.165, 1.54) is 12.1 Å². The molecule has 4 aromatic rings. The van der Waals surface area contributed by atoms with Gasteiger partial charge in [0.1, 0.15) is 23.0 Å². The molecular weight excluding hydrogens is 442 g/mol. The summed E-state index contributed by atoms with van der Waals surface area (Å²) in [5.74, 6) is -1.14. The SMILES string of the molecule is Cc1c(-c2cccs2)nc2ccc(-c3ccc(F)c(C(O[Si](C)C)C(C)(C)C)c3F)cn12. The number of fused-ring (bicyclic) bond motifs is 1. The summed E-state index contributed by atoms with van der Waals surface area (Å²) in [6.07, 6.45) is 1.20. The van der Waals surface area contributed by atoms with Crippen LogP contribution in [-0.4, -0.2) is 18.4 Å². The van der Waals surface area contributed by atoms with Crippen molar-refractivity contribution >= 4 is 26.0 Å². The highest BCUT2D eigenvalue weighted by molar-refractivity contribution is 7.13. The van der Waals surface area contributed by atoms with Crippen LogP contribution in [0.4, 0.5) is 8.78 Å². The lowest BCUT2D eigenvalue weighted by Crippen LogP contribution is -2.27. The Hall–Kier alpha value is -2.35. The van der Waals surface area contributed by atoms with Crippen molar-refractivity contribution in [2.24, 2.45) is 5.41 Å². The van der Waals surface area contributed by atoms with Crippen molar-refractivity contribution < 1.29 is 13.2 Å². The Morgan fingerprint density at radius 1 is 1.09 bits per heavy atom. The topological polar surface area (TPSA) is 26.5 Å². The number of pyridine rings is 1. The molecule has 0 fully saturated rings. The van der Waals surface area contributed by atoms with Gasteiger partial charge in [0.25, 0.3) is 0 Å². The van der Waals surface area contributed by atoms with Crippen molar-refractivity contribution in [3.63, 3.8) is 0 Å². The van der Waals surface area contributed by atoms with E-state index in [2.05, 4.69) is 0 Å². The van der Waals surface area contributed by atoms with Crippen LogP contribution >= 0.6 is 11.3 Å². The van der Waals surface area contributed by atoms with E-state index in [1.54, 1.807) is 11.3 Å². The Morgan fingerprint density at radius 3 is 2.47 bits per heavy atom. The van der Waals surface area contributed by atoms with Gasteiger partial charge in [0.2, 0.25) is 9.04 Å². The Bertz CT molecular complexity index is 1260. The fourth-order valence-corrected chi connectivity index (χ4v) is 5.61. The fraction of sp³-hybridized carbons (Fsp3) is 0.320. The highest BCUT2D eigenvalue weighted by Gasteiger charge is 2.34. The summed E-state index contributed by atoms with van der Waals surface area (Å²) in [6.45, 7) is 11.8. The van der Waals surface area contributed by atoms with E-state index in [4.69, 9.17) is 9.41 Å². The van der Waals surface area contributed by atoms with Gasteiger partial charge in [-0.3, -0.25) is 0 Å². The molecular formula is C25H27F2N2OSSi. The third-order valence-corrected chi connectivity index (χ3v) is 7.04. The van der Waals surface area contributed by atoms with Crippen LogP contribution in [0.1, 0.15) is 38.1 Å². The molecule has 1 aromatic carbocycles. The number of benzene rings is 1. The summed E-state index contributed by atoms with van der Waals surface area (Å²) in [5.41, 5.74) is 3.25. The van der Waals surface area contributed by atoms with Crippen LogP contribution in [0.3, 0.4) is 0 Å². The Balaban J connectivity index is 1.85. The zero-order valence-corrected chi connectivity index (χ0v) is 21.0. The fourth-order valence-electron chi connectivity index (χ4n) is 3.91. The van der Waals surface area contributed by atoms with E-state index in [0.717, 1.165) is 21.9 Å². The minimum absolute atomic E-state index is 0.00271. The summed E-state index contributed by atoms with van der Waals surface area (Å²) in [5, 5.41) is 2.02. The lowest BCUT2D eigenvalue weighted by Gasteiger charge is -2.33. The standard InChI is InChI=1S/C25H27F2N2OSSi/c1-15-23(19-8-7-13-31-19)28-20-12-9-16(14-29(15)20)17-10-11-18(26)21(22(17)27)24(25(2,3)4)30-32(5)6/h7-14,24H,1-6H3. The maximum atomic E-state index is 15.8. The van der Waals surface area contributed by atoms with Gasteiger partial charge in [-0.1, -0.05) is 26.8 Å². The number of hydrogen-bond donors (Lipinski definition) is 0. The summed E-state index contributed by atoms with van der Waals surface area (Å²) < 4.78 is 38.8. The van der Waals surface area contributed by atoms with Gasteiger partial charge in [-0.05, 0) is 61.1 Å². The molecule has 7 heteroatoms. The summed E-state index contributed by atoms with van der Waals surface area (Å²) in [6, 6.07) is 10.6. The molecule has 4 rings (SSSR count). The molecule has 167 valence electrons. The molecule has 0 saturated heterocycles. The monoisotopic (exact) mass is 469 g/mol. The first-order valence-electron chi connectivity index (χ1n) is 10.6. The first-order chi connectivity index (χ1) is 15.1. The molecule has 32 heavy (non-hydrogen) atoms. The third-order valence-electron chi connectivity index (χ3n) is 5.45. The molecule has 0 aliphatic heterocycles. The van der Waals surface area contributed by atoms with Gasteiger partial charge >= 0.3 is 0 Å². The second-order valence-electron chi connectivity index (χ2n) is 9.26. The van der Waals surface area contributed by atoms with Gasteiger partial charge in [0.05, 0.1) is 16.5 Å². The highest BCUT2D eigenvalue weighted by atomic mass is 32.1. The van der Waals surface area contributed by atoms with Crippen molar-refractivity contribution in [3.05, 3.63) is 70.9 Å². The molecule has 0 bridgehead atoms. The number of nitrogens with zero attached hydrogens (tertiary/aromatic N) is 2. The van der Waals surface area contributed by atoms with Crippen LogP contribution < -0.4 is 0 Å². The van der Waals surface area contributed by atoms with E-state index in [9.17, 15) is 4.39 Å². The molecule has 0 N–H and O–H groups in total. The van der Waals surface area contributed by atoms with E-state index in [-0.39, 0.29) is 5.56 Å². The van der Waals surface area contributed by atoms with Crippen molar-refractivity contribution in [2.75, 3.05) is 0 Å². The smallest absolute Gasteiger partial charge is 0.205 e. The van der Waals surface area contributed by atoms with Crippen molar-refractivity contribution in [1.29, 1.82) is 0 Å². The zero-order chi connectivity index (χ0) is 23.2. The molecule has 0 aliphatic carbocycles. The summed E-state index contributed by atoms with van der Waals surface area (Å²) in [4.78, 5) is 5.83. The third kappa shape index (κ3) is 4.17. The van der Waals surface area contributed by atoms with Crippen molar-refractivity contribution in [1.82, 2.24) is 9.38 Å². The molecule has 0 aliphatic rings. The van der Waals surface area contributed by atoms with Crippen LogP contribution in [0.25, 0.3) is 27.3 Å². The zero-order valence-electron chi connectivity index (χ0n) is 19.2. The number of imidazole rings is 1. The largest absolute Gasteiger partial charge is 0.410 e. The maximum Gasteiger partial charge on any atom is 0.205 e. The molecule has 3 aromatic heterocycles. The predicted octanol–water partition coefficient (Wildman–Crippen LogP) is 7.67. The van der Waals surface area contributed by atoms with Gasteiger partial charge in [-0.15, -0.1) is 11.3 Å². The first kappa shape index (κ1) is 22.8. The van der Waals surface area contributed by atoms with E-state index in [1.807, 2.05) is 81.0 Å². The summed E-state index contributed by atoms with van der Waals surface area (Å²) in [7, 11) is -1.17. The normalized spacial score (nSPS) is 13.3. The average Bonchev–Trinajstić information content (AvgIpc) is 3.34. The highest BCUT2D eigenvalue weighted by Crippen LogP contribution is 2.41. The lowest BCUT2D eigenvalue weighted by molar-refractivity contribution is 0.0796. The molecule has 1 unspecified atom stereocenters. The molecule has 1 atom stereocenters. The van der Waals surface area contributed by atoms with E-state index >= 15 is 4.39 Å². The Labute approximate surface area is 193 Å². The number of halogens is 2. The second-order valence-corrected chi connectivity index (χ2v) is 12.3. The first-order valence-corrected chi connectivity index (χ1v) is 13.8. The molecule has 3 heterocycles. The minimum atomic E-state index is -1.17. The van der Waals surface area contributed by atoms with Crippen molar-refractivity contribution in [3.8, 4) is 21.7 Å². The van der Waals surface area contributed by atoms with Crippen LogP contribution in [0.5, 0.6) is 0 Å². The second kappa shape index (κ2) is 8.54. The van der Waals surface area contributed by atoms with Gasteiger partial charge in [-0.25, -0.2) is 13.8 Å². The Morgan fingerprint density at radius 2 is 1.84 bits per heavy atom. The number of thiophene rings is 1. The van der Waals surface area contributed by atoms with Crippen LogP contribution in [-0.2, 0) is 4.43 Å². The minimum Gasteiger partial charge on any atom is -0.410 e. The quantitative estimate of drug-likeness (QED) is 0.280. The Kier molecular flexibility index (Phi) is 6.09. The van der Waals surface area contributed by atoms with E-state index in [0.29, 0.717) is 11.1 Å². The number of rotatable bonds is 5. The predicted molar refractivity (Wildman–Crippen MR) is 129 cm³/mol. The van der Waals surface area contributed by atoms with Gasteiger partial charge in [0.15, 0.2) is 0 Å². The molecule has 1 radical (unpaired) electrons. The van der Waals surface area contributed by atoms with E-state index < -0.39 is 32.2 Å². The van der Waals surface area contributed by atoms with Gasteiger partial charge < -0.3 is 8.83 Å².